The maximum absolute atomic E-state index is 11.6. The summed E-state index contributed by atoms with van der Waals surface area (Å²) in [5, 5.41) is 10.3. The third-order valence-corrected chi connectivity index (χ3v) is 2.33. The van der Waals surface area contributed by atoms with E-state index in [4.69, 9.17) is 4.74 Å². The molecule has 0 aliphatic heterocycles. The second-order valence-electron chi connectivity index (χ2n) is 5.09. The Morgan fingerprint density at radius 2 is 2.11 bits per heavy atom. The Labute approximate surface area is 112 Å². The summed E-state index contributed by atoms with van der Waals surface area (Å²) in [7, 11) is 0. The van der Waals surface area contributed by atoms with Gasteiger partial charge in [-0.1, -0.05) is 26.0 Å². The maximum Gasteiger partial charge on any atom is 0.360 e. The van der Waals surface area contributed by atoms with E-state index in [1.54, 1.807) is 6.92 Å². The van der Waals surface area contributed by atoms with Crippen molar-refractivity contribution in [3.63, 3.8) is 0 Å². The molecular formula is C12H20N4O3. The van der Waals surface area contributed by atoms with Gasteiger partial charge in [-0.15, -0.1) is 5.10 Å². The minimum atomic E-state index is -0.493. The van der Waals surface area contributed by atoms with Crippen molar-refractivity contribution >= 4 is 11.9 Å². The summed E-state index contributed by atoms with van der Waals surface area (Å²) in [6.45, 7) is 8.44. The summed E-state index contributed by atoms with van der Waals surface area (Å²) < 4.78 is 6.30. The molecule has 0 aliphatic carbocycles. The van der Waals surface area contributed by atoms with Crippen LogP contribution >= 0.6 is 0 Å². The topological polar surface area (TPSA) is 86.1 Å². The normalized spacial score (nSPS) is 11.2. The quantitative estimate of drug-likeness (QED) is 0.791. The lowest BCUT2D eigenvalue weighted by molar-refractivity contribution is -0.128. The second-order valence-corrected chi connectivity index (χ2v) is 5.09. The summed E-state index contributed by atoms with van der Waals surface area (Å²) in [5.41, 5.74) is -0.248. The molecule has 1 N–H and O–H groups in total. The Bertz CT molecular complexity index is 448. The van der Waals surface area contributed by atoms with Crippen molar-refractivity contribution in [2.75, 3.05) is 13.2 Å². The lowest BCUT2D eigenvalue weighted by Crippen LogP contribution is -2.36. The van der Waals surface area contributed by atoms with E-state index in [9.17, 15) is 9.59 Å². The molecule has 0 bridgehead atoms. The van der Waals surface area contributed by atoms with Crippen LogP contribution in [-0.4, -0.2) is 40.0 Å². The molecule has 0 saturated heterocycles. The fourth-order valence-corrected chi connectivity index (χ4v) is 1.26. The van der Waals surface area contributed by atoms with Gasteiger partial charge in [0, 0.05) is 12.0 Å². The van der Waals surface area contributed by atoms with Crippen molar-refractivity contribution < 1.29 is 14.3 Å². The average Bonchev–Trinajstić information content (AvgIpc) is 2.76. The number of hydrogen-bond acceptors (Lipinski definition) is 5. The smallest absolute Gasteiger partial charge is 0.360 e. The number of esters is 1. The minimum absolute atomic E-state index is 0.0294. The van der Waals surface area contributed by atoms with Crippen LogP contribution in [0.2, 0.25) is 0 Å². The van der Waals surface area contributed by atoms with Crippen LogP contribution in [0, 0.1) is 5.41 Å². The van der Waals surface area contributed by atoms with Gasteiger partial charge in [0.15, 0.2) is 5.69 Å². The molecule has 0 spiro atoms. The van der Waals surface area contributed by atoms with Crippen LogP contribution < -0.4 is 5.32 Å². The van der Waals surface area contributed by atoms with E-state index in [0.717, 1.165) is 0 Å². The summed E-state index contributed by atoms with van der Waals surface area (Å²) in [6.07, 6.45) is 1.50. The largest absolute Gasteiger partial charge is 0.461 e. The lowest BCUT2D eigenvalue weighted by Gasteiger charge is -2.17. The predicted molar refractivity (Wildman–Crippen MR) is 68.4 cm³/mol. The van der Waals surface area contributed by atoms with E-state index in [1.165, 1.54) is 10.9 Å². The number of amides is 1. The molecular weight excluding hydrogens is 248 g/mol. The number of nitrogens with one attached hydrogen (secondary N) is 1. The second kappa shape index (κ2) is 6.31. The molecule has 0 radical (unpaired) electrons. The maximum atomic E-state index is 11.6. The first-order valence-corrected chi connectivity index (χ1v) is 6.20. The van der Waals surface area contributed by atoms with Crippen molar-refractivity contribution in [3.05, 3.63) is 11.9 Å². The van der Waals surface area contributed by atoms with Gasteiger partial charge < -0.3 is 10.1 Å². The Kier molecular flexibility index (Phi) is 5.02. The van der Waals surface area contributed by atoms with Gasteiger partial charge in [0.1, 0.15) is 0 Å². The third-order valence-electron chi connectivity index (χ3n) is 2.33. The molecule has 7 nitrogen and oxygen atoms in total. The molecule has 1 heterocycles. The fraction of sp³-hybridized carbons (Fsp3) is 0.667. The number of hydrogen-bond donors (Lipinski definition) is 1. The minimum Gasteiger partial charge on any atom is -0.461 e. The van der Waals surface area contributed by atoms with E-state index < -0.39 is 11.4 Å². The molecule has 1 amide bonds. The first kappa shape index (κ1) is 15.1. The van der Waals surface area contributed by atoms with Crippen LogP contribution in [0.1, 0.15) is 38.2 Å². The Morgan fingerprint density at radius 1 is 1.42 bits per heavy atom. The van der Waals surface area contributed by atoms with Gasteiger partial charge >= 0.3 is 5.97 Å². The van der Waals surface area contributed by atoms with Gasteiger partial charge in [-0.3, -0.25) is 4.79 Å². The van der Waals surface area contributed by atoms with E-state index in [2.05, 4.69) is 15.6 Å². The molecule has 0 aromatic carbocycles. The molecule has 0 atom stereocenters. The number of nitrogens with zero attached hydrogens (tertiary/aromatic N) is 3. The zero-order valence-electron chi connectivity index (χ0n) is 11.8. The van der Waals surface area contributed by atoms with Crippen molar-refractivity contribution in [2.45, 2.75) is 34.2 Å². The van der Waals surface area contributed by atoms with Gasteiger partial charge in [0.25, 0.3) is 0 Å². The fourth-order valence-electron chi connectivity index (χ4n) is 1.26. The van der Waals surface area contributed by atoms with Crippen molar-refractivity contribution in [3.8, 4) is 0 Å². The number of ether oxygens (including phenoxy) is 1. The van der Waals surface area contributed by atoms with Gasteiger partial charge in [-0.25, -0.2) is 9.48 Å². The van der Waals surface area contributed by atoms with Gasteiger partial charge in [-0.2, -0.15) is 0 Å². The zero-order chi connectivity index (χ0) is 14.5. The van der Waals surface area contributed by atoms with Crippen LogP contribution in [0.3, 0.4) is 0 Å². The van der Waals surface area contributed by atoms with E-state index in [0.29, 0.717) is 19.7 Å². The number of carbonyl (C=O) groups excluding carboxylic acids is 2. The third kappa shape index (κ3) is 4.69. The SMILES string of the molecule is CCOC(=O)c1cn(CCNC(=O)C(C)(C)C)nn1. The number of rotatable bonds is 5. The highest BCUT2D eigenvalue weighted by Gasteiger charge is 2.20. The first-order valence-electron chi connectivity index (χ1n) is 6.20. The van der Waals surface area contributed by atoms with Gasteiger partial charge in [-0.05, 0) is 6.92 Å². The van der Waals surface area contributed by atoms with Crippen LogP contribution in [-0.2, 0) is 16.1 Å². The highest BCUT2D eigenvalue weighted by atomic mass is 16.5. The summed E-state index contributed by atoms with van der Waals surface area (Å²) in [4.78, 5) is 23.0. The predicted octanol–water partition coefficient (Wildman–Crippen LogP) is 0.617. The molecule has 106 valence electrons. The highest BCUT2D eigenvalue weighted by Crippen LogP contribution is 2.11. The molecule has 0 unspecified atom stereocenters. The lowest BCUT2D eigenvalue weighted by atomic mass is 9.96. The van der Waals surface area contributed by atoms with Gasteiger partial charge in [0.2, 0.25) is 5.91 Å². The van der Waals surface area contributed by atoms with Crippen LogP contribution in [0.5, 0.6) is 0 Å². The standard InChI is InChI=1S/C12H20N4O3/c1-5-19-10(17)9-8-16(15-14-9)7-6-13-11(18)12(2,3)4/h8H,5-7H2,1-4H3,(H,13,18). The van der Waals surface area contributed by atoms with Crippen molar-refractivity contribution in [1.29, 1.82) is 0 Å². The summed E-state index contributed by atoms with van der Waals surface area (Å²) in [5.74, 6) is -0.522. The van der Waals surface area contributed by atoms with E-state index in [-0.39, 0.29) is 11.6 Å². The molecule has 1 aromatic rings. The molecule has 0 saturated carbocycles. The van der Waals surface area contributed by atoms with Crippen molar-refractivity contribution in [2.24, 2.45) is 5.41 Å². The number of aromatic nitrogens is 3. The Hall–Kier alpha value is -1.92. The molecule has 19 heavy (non-hydrogen) atoms. The zero-order valence-corrected chi connectivity index (χ0v) is 11.8. The first-order chi connectivity index (χ1) is 8.84. The number of carbonyl (C=O) groups is 2. The van der Waals surface area contributed by atoms with Crippen LogP contribution in [0.25, 0.3) is 0 Å². The van der Waals surface area contributed by atoms with Crippen molar-refractivity contribution in [1.82, 2.24) is 20.3 Å². The Morgan fingerprint density at radius 3 is 2.68 bits per heavy atom. The summed E-state index contributed by atoms with van der Waals surface area (Å²) in [6, 6.07) is 0. The molecule has 0 fully saturated rings. The van der Waals surface area contributed by atoms with E-state index >= 15 is 0 Å². The monoisotopic (exact) mass is 268 g/mol. The molecule has 1 aromatic heterocycles. The highest BCUT2D eigenvalue weighted by molar-refractivity contribution is 5.86. The van der Waals surface area contributed by atoms with Gasteiger partial charge in [0.05, 0.1) is 19.3 Å². The molecule has 7 heteroatoms. The summed E-state index contributed by atoms with van der Waals surface area (Å²) >= 11 is 0. The van der Waals surface area contributed by atoms with Crippen LogP contribution in [0.15, 0.2) is 6.20 Å². The average molecular weight is 268 g/mol. The van der Waals surface area contributed by atoms with E-state index in [1.807, 2.05) is 20.8 Å². The molecule has 0 aliphatic rings. The van der Waals surface area contributed by atoms with Crippen LogP contribution in [0.4, 0.5) is 0 Å². The molecule has 1 rings (SSSR count). The Balaban J connectivity index is 2.43.